The smallest absolute Gasteiger partial charge is 0.0537 e. The minimum Gasteiger partial charge on any atom is -0.0537 e. The largest absolute Gasteiger partial charge is 0.300 e. The van der Waals surface area contributed by atoms with Crippen molar-refractivity contribution in [3.05, 3.63) is 0 Å². The molecule has 1 aliphatic heterocycles. The Morgan fingerprint density at radius 2 is 1.54 bits per heavy atom. The van der Waals surface area contributed by atoms with Gasteiger partial charge in [0.25, 0.3) is 6.17 Å². The van der Waals surface area contributed by atoms with Crippen LogP contribution in [0.1, 0.15) is 41.5 Å². The molecule has 0 saturated carbocycles. The second-order valence-corrected chi connectivity index (χ2v) is 5.52. The van der Waals surface area contributed by atoms with Crippen LogP contribution in [0.5, 0.6) is 0 Å². The number of hydrogen-bond acceptors (Lipinski definition) is 3. The zero-order chi connectivity index (χ0) is 10.3. The Morgan fingerprint density at radius 3 is 1.77 bits per heavy atom. The Hall–Kier alpha value is -0.800. The van der Waals surface area contributed by atoms with Crippen LogP contribution in [0.3, 0.4) is 0 Å². The van der Waals surface area contributed by atoms with Gasteiger partial charge in [-0.05, 0) is 30.7 Å². The van der Waals surface area contributed by atoms with E-state index in [1.807, 2.05) is 0 Å². The molecule has 0 aromatic carbocycles. The molecule has 1 unspecified atom stereocenters. The molecule has 0 N–H and O–H groups in total. The highest BCUT2D eigenvalue weighted by Gasteiger charge is 2.39. The fourth-order valence-electron chi connectivity index (χ4n) is 0.901. The summed E-state index contributed by atoms with van der Waals surface area (Å²) in [5.41, 5.74) is -0.00694. The zero-order valence-electron chi connectivity index (χ0n) is 9.37. The molecule has 1 atom stereocenters. The highest BCUT2D eigenvalue weighted by atomic mass is 15.7. The summed E-state index contributed by atoms with van der Waals surface area (Å²) in [4.78, 5) is 1.70. The van der Waals surface area contributed by atoms with Crippen molar-refractivity contribution < 1.29 is 4.81 Å². The van der Waals surface area contributed by atoms with Gasteiger partial charge in [0.2, 0.25) is 0 Å². The molecular formula is C9H19N4+. The lowest BCUT2D eigenvalue weighted by Gasteiger charge is -2.14. The van der Waals surface area contributed by atoms with Crippen LogP contribution in [0.4, 0.5) is 0 Å². The van der Waals surface area contributed by atoms with E-state index in [1.54, 1.807) is 4.81 Å². The summed E-state index contributed by atoms with van der Waals surface area (Å²) < 4.78 is 0. The first kappa shape index (κ1) is 10.3. The second kappa shape index (κ2) is 2.86. The molecule has 4 heteroatoms. The van der Waals surface area contributed by atoms with Crippen molar-refractivity contribution in [2.45, 2.75) is 53.2 Å². The third-order valence-corrected chi connectivity index (χ3v) is 1.84. The van der Waals surface area contributed by atoms with Gasteiger partial charge in [-0.3, -0.25) is 0 Å². The van der Waals surface area contributed by atoms with E-state index >= 15 is 0 Å². The Labute approximate surface area is 79.7 Å². The Morgan fingerprint density at radius 1 is 1.00 bits per heavy atom. The molecule has 1 rings (SSSR count). The summed E-state index contributed by atoms with van der Waals surface area (Å²) in [6, 6.07) is 0. The topological polar surface area (TPSA) is 40.1 Å². The van der Waals surface area contributed by atoms with Crippen molar-refractivity contribution in [1.29, 1.82) is 0 Å². The Bertz CT molecular complexity index is 252. The Kier molecular flexibility index (Phi) is 2.26. The fraction of sp³-hybridized carbons (Fsp3) is 1.00. The molecule has 0 bridgehead atoms. The van der Waals surface area contributed by atoms with E-state index in [4.69, 9.17) is 0 Å². The average Bonchev–Trinajstić information content (AvgIpc) is 2.28. The summed E-state index contributed by atoms with van der Waals surface area (Å²) in [5, 5.41) is 12.6. The van der Waals surface area contributed by atoms with Crippen LogP contribution in [0, 0.1) is 5.41 Å². The zero-order valence-corrected chi connectivity index (χ0v) is 9.37. The minimum atomic E-state index is -0.0660. The Balaban J connectivity index is 2.84. The molecule has 1 heterocycles. The standard InChI is InChI=1S/C9H19N4/c1-8(2,3)7-10-12-13(11-7)9(4,5)6/h7H,1-6H3/q+1. The third kappa shape index (κ3) is 2.32. The summed E-state index contributed by atoms with van der Waals surface area (Å²) >= 11 is 0. The fourth-order valence-corrected chi connectivity index (χ4v) is 0.901. The second-order valence-electron chi connectivity index (χ2n) is 5.52. The highest BCUT2D eigenvalue weighted by Crippen LogP contribution is 2.28. The lowest BCUT2D eigenvalue weighted by molar-refractivity contribution is -0.661. The maximum absolute atomic E-state index is 4.43. The van der Waals surface area contributed by atoms with Crippen molar-refractivity contribution in [3.8, 4) is 0 Å². The van der Waals surface area contributed by atoms with Gasteiger partial charge >= 0.3 is 0 Å². The summed E-state index contributed by atoms with van der Waals surface area (Å²) in [6.07, 6.45) is -0.0354. The van der Waals surface area contributed by atoms with Crippen LogP contribution >= 0.6 is 0 Å². The molecule has 0 spiro atoms. The van der Waals surface area contributed by atoms with Gasteiger partial charge in [-0.15, -0.1) is 0 Å². The van der Waals surface area contributed by atoms with Crippen LogP contribution in [-0.2, 0) is 0 Å². The molecule has 0 fully saturated rings. The van der Waals surface area contributed by atoms with Crippen molar-refractivity contribution >= 4 is 0 Å². The van der Waals surface area contributed by atoms with E-state index in [2.05, 4.69) is 57.0 Å². The molecule has 4 nitrogen and oxygen atoms in total. The van der Waals surface area contributed by atoms with Gasteiger partial charge in [-0.2, -0.15) is 0 Å². The van der Waals surface area contributed by atoms with Gasteiger partial charge in [0.15, 0.2) is 5.22 Å². The predicted octanol–water partition coefficient (Wildman–Crippen LogP) is 3.00. The average molecular weight is 183 g/mol. The summed E-state index contributed by atoms with van der Waals surface area (Å²) in [5.74, 6) is 0. The quantitative estimate of drug-likeness (QED) is 0.518. The molecular weight excluding hydrogens is 164 g/mol. The maximum Gasteiger partial charge on any atom is 0.300 e. The number of hydrogen-bond donors (Lipinski definition) is 0. The maximum atomic E-state index is 4.43. The molecule has 0 amide bonds. The monoisotopic (exact) mass is 183 g/mol. The van der Waals surface area contributed by atoms with Crippen molar-refractivity contribution in [3.63, 3.8) is 0 Å². The van der Waals surface area contributed by atoms with Crippen molar-refractivity contribution in [2.24, 2.45) is 20.9 Å². The number of nitrogens with zero attached hydrogens (tertiary/aromatic N) is 4. The first-order valence-corrected chi connectivity index (χ1v) is 4.63. The van der Waals surface area contributed by atoms with Gasteiger partial charge in [-0.25, -0.2) is 0 Å². The van der Waals surface area contributed by atoms with E-state index in [1.165, 1.54) is 0 Å². The minimum absolute atomic E-state index is 0.0354. The van der Waals surface area contributed by atoms with Crippen molar-refractivity contribution in [2.75, 3.05) is 0 Å². The van der Waals surface area contributed by atoms with E-state index in [9.17, 15) is 0 Å². The molecule has 0 aliphatic carbocycles. The lowest BCUT2D eigenvalue weighted by atomic mass is 9.93. The molecule has 1 aliphatic rings. The van der Waals surface area contributed by atoms with Gasteiger partial charge in [-0.1, -0.05) is 20.8 Å². The predicted molar refractivity (Wildman–Crippen MR) is 50.5 cm³/mol. The van der Waals surface area contributed by atoms with E-state index in [0.717, 1.165) is 0 Å². The first-order chi connectivity index (χ1) is 5.71. The SMILES string of the molecule is CC(C)(C)C1N=N[N+](C(C)(C)C)=N1. The van der Waals surface area contributed by atoms with Crippen LogP contribution < -0.4 is 0 Å². The molecule has 0 saturated heterocycles. The lowest BCUT2D eigenvalue weighted by Crippen LogP contribution is -2.28. The number of azo groups is 1. The van der Waals surface area contributed by atoms with Gasteiger partial charge in [0.1, 0.15) is 5.54 Å². The van der Waals surface area contributed by atoms with Gasteiger partial charge < -0.3 is 0 Å². The molecule has 0 radical (unpaired) electrons. The van der Waals surface area contributed by atoms with Gasteiger partial charge in [0.05, 0.1) is 5.11 Å². The van der Waals surface area contributed by atoms with Crippen LogP contribution in [0.15, 0.2) is 15.5 Å². The van der Waals surface area contributed by atoms with Crippen LogP contribution in [0.2, 0.25) is 0 Å². The van der Waals surface area contributed by atoms with Gasteiger partial charge in [0, 0.05) is 5.41 Å². The molecule has 0 aromatic heterocycles. The van der Waals surface area contributed by atoms with Crippen LogP contribution in [0.25, 0.3) is 0 Å². The molecule has 74 valence electrons. The van der Waals surface area contributed by atoms with Crippen LogP contribution in [-0.4, -0.2) is 16.5 Å². The van der Waals surface area contributed by atoms with E-state index in [0.29, 0.717) is 0 Å². The molecule has 13 heavy (non-hydrogen) atoms. The third-order valence-electron chi connectivity index (χ3n) is 1.84. The van der Waals surface area contributed by atoms with Crippen molar-refractivity contribution in [1.82, 2.24) is 0 Å². The molecule has 0 aromatic rings. The van der Waals surface area contributed by atoms with E-state index < -0.39 is 0 Å². The first-order valence-electron chi connectivity index (χ1n) is 4.63. The highest BCUT2D eigenvalue weighted by molar-refractivity contribution is 4.75. The summed E-state index contributed by atoms with van der Waals surface area (Å²) in [6.45, 7) is 12.6. The van der Waals surface area contributed by atoms with E-state index in [-0.39, 0.29) is 17.1 Å². The number of rotatable bonds is 0. The summed E-state index contributed by atoms with van der Waals surface area (Å²) in [7, 11) is 0. The normalized spacial score (nSPS) is 23.5.